The van der Waals surface area contributed by atoms with Crippen LogP contribution in [0.25, 0.3) is 0 Å². The van der Waals surface area contributed by atoms with Crippen LogP contribution in [-0.4, -0.2) is 26.3 Å². The van der Waals surface area contributed by atoms with Gasteiger partial charge in [-0.25, -0.2) is 9.37 Å². The number of amides is 1. The minimum absolute atomic E-state index is 0.0825. The molecular formula is C14H16FN3O2S. The quantitative estimate of drug-likeness (QED) is 0.793. The Morgan fingerprint density at radius 3 is 2.76 bits per heavy atom. The van der Waals surface area contributed by atoms with Crippen molar-refractivity contribution in [2.24, 2.45) is 7.05 Å². The number of hydrogen-bond acceptors (Lipinski definition) is 4. The van der Waals surface area contributed by atoms with Crippen molar-refractivity contribution in [1.29, 1.82) is 0 Å². The molecule has 0 bridgehead atoms. The zero-order chi connectivity index (χ0) is 15.2. The van der Waals surface area contributed by atoms with Gasteiger partial charge in [0.2, 0.25) is 5.91 Å². The highest BCUT2D eigenvalue weighted by Crippen LogP contribution is 2.16. The van der Waals surface area contributed by atoms with Gasteiger partial charge in [-0.1, -0.05) is 23.9 Å². The van der Waals surface area contributed by atoms with E-state index in [2.05, 4.69) is 10.3 Å². The van der Waals surface area contributed by atoms with Gasteiger partial charge >= 0.3 is 0 Å². The van der Waals surface area contributed by atoms with Gasteiger partial charge in [-0.3, -0.25) is 4.79 Å². The third-order valence-corrected chi connectivity index (χ3v) is 3.98. The van der Waals surface area contributed by atoms with Gasteiger partial charge in [0.05, 0.1) is 24.3 Å². The zero-order valence-electron chi connectivity index (χ0n) is 11.5. The van der Waals surface area contributed by atoms with Crippen molar-refractivity contribution < 1.29 is 14.3 Å². The Bertz CT molecular complexity index is 613. The highest BCUT2D eigenvalue weighted by molar-refractivity contribution is 7.99. The van der Waals surface area contributed by atoms with E-state index in [9.17, 15) is 9.18 Å². The number of thioether (sulfide) groups is 1. The number of benzene rings is 1. The average molecular weight is 309 g/mol. The van der Waals surface area contributed by atoms with E-state index in [0.717, 1.165) is 5.56 Å². The Hall–Kier alpha value is -1.86. The van der Waals surface area contributed by atoms with E-state index in [0.29, 0.717) is 17.4 Å². The summed E-state index contributed by atoms with van der Waals surface area (Å²) in [4.78, 5) is 15.9. The van der Waals surface area contributed by atoms with Crippen molar-refractivity contribution in [3.8, 4) is 0 Å². The molecule has 2 aromatic rings. The molecule has 2 rings (SSSR count). The van der Waals surface area contributed by atoms with Gasteiger partial charge in [0.25, 0.3) is 0 Å². The Morgan fingerprint density at radius 2 is 2.14 bits per heavy atom. The number of aliphatic hydroxyl groups is 1. The molecule has 1 aromatic heterocycles. The molecule has 0 saturated heterocycles. The number of rotatable bonds is 6. The molecule has 1 heterocycles. The summed E-state index contributed by atoms with van der Waals surface area (Å²) in [6, 6.07) is 5.99. The molecule has 112 valence electrons. The monoisotopic (exact) mass is 309 g/mol. The van der Waals surface area contributed by atoms with Crippen molar-refractivity contribution >= 4 is 17.7 Å². The Morgan fingerprint density at radius 1 is 1.43 bits per heavy atom. The normalized spacial score (nSPS) is 10.6. The lowest BCUT2D eigenvalue weighted by Gasteiger charge is -2.06. The Balaban J connectivity index is 1.79. The average Bonchev–Trinajstić information content (AvgIpc) is 2.85. The van der Waals surface area contributed by atoms with E-state index in [-0.39, 0.29) is 24.1 Å². The van der Waals surface area contributed by atoms with Gasteiger partial charge in [0.1, 0.15) is 5.82 Å². The number of nitrogens with one attached hydrogen (secondary N) is 1. The highest BCUT2D eigenvalue weighted by Gasteiger charge is 2.09. The molecule has 0 aliphatic carbocycles. The number of aliphatic hydroxyl groups excluding tert-OH is 1. The van der Waals surface area contributed by atoms with E-state index < -0.39 is 0 Å². The van der Waals surface area contributed by atoms with Gasteiger partial charge in [-0.05, 0) is 17.7 Å². The number of imidazole rings is 1. The second kappa shape index (κ2) is 7.24. The van der Waals surface area contributed by atoms with Crippen LogP contribution in [0.1, 0.15) is 11.3 Å². The number of nitrogens with zero attached hydrogens (tertiary/aromatic N) is 2. The van der Waals surface area contributed by atoms with Crippen LogP contribution in [0.4, 0.5) is 4.39 Å². The van der Waals surface area contributed by atoms with Crippen LogP contribution < -0.4 is 5.32 Å². The maximum absolute atomic E-state index is 12.7. The summed E-state index contributed by atoms with van der Waals surface area (Å²) >= 11 is 1.30. The van der Waals surface area contributed by atoms with Crippen molar-refractivity contribution in [2.45, 2.75) is 18.3 Å². The van der Waals surface area contributed by atoms with E-state index in [4.69, 9.17) is 5.11 Å². The number of carbonyl (C=O) groups is 1. The van der Waals surface area contributed by atoms with E-state index in [1.165, 1.54) is 23.9 Å². The SMILES string of the molecule is Cn1c(CO)cnc1SCC(=O)NCc1ccc(F)cc1. The highest BCUT2D eigenvalue weighted by atomic mass is 32.2. The molecule has 7 heteroatoms. The molecule has 0 fully saturated rings. The molecule has 0 unspecified atom stereocenters. The molecule has 1 amide bonds. The van der Waals surface area contributed by atoms with Crippen molar-refractivity contribution in [2.75, 3.05) is 5.75 Å². The van der Waals surface area contributed by atoms with E-state index in [1.807, 2.05) is 0 Å². The summed E-state index contributed by atoms with van der Waals surface area (Å²) in [5, 5.41) is 12.5. The number of aromatic nitrogens is 2. The van der Waals surface area contributed by atoms with Crippen LogP contribution in [0, 0.1) is 5.82 Å². The maximum atomic E-state index is 12.7. The zero-order valence-corrected chi connectivity index (χ0v) is 12.4. The first-order valence-corrected chi connectivity index (χ1v) is 7.34. The molecule has 5 nitrogen and oxygen atoms in total. The van der Waals surface area contributed by atoms with Crippen LogP contribution in [0.5, 0.6) is 0 Å². The van der Waals surface area contributed by atoms with Gasteiger partial charge < -0.3 is 15.0 Å². The third-order valence-electron chi connectivity index (χ3n) is 2.94. The van der Waals surface area contributed by atoms with Crippen LogP contribution in [0.15, 0.2) is 35.6 Å². The van der Waals surface area contributed by atoms with Gasteiger partial charge in [0, 0.05) is 13.6 Å². The van der Waals surface area contributed by atoms with Crippen LogP contribution >= 0.6 is 11.8 Å². The van der Waals surface area contributed by atoms with Crippen LogP contribution in [0.3, 0.4) is 0 Å². The first-order chi connectivity index (χ1) is 10.1. The first-order valence-electron chi connectivity index (χ1n) is 6.35. The lowest BCUT2D eigenvalue weighted by molar-refractivity contribution is -0.118. The maximum Gasteiger partial charge on any atom is 0.230 e. The molecular weight excluding hydrogens is 293 g/mol. The summed E-state index contributed by atoms with van der Waals surface area (Å²) in [6.07, 6.45) is 1.58. The lowest BCUT2D eigenvalue weighted by atomic mass is 10.2. The minimum Gasteiger partial charge on any atom is -0.390 e. The minimum atomic E-state index is -0.296. The summed E-state index contributed by atoms with van der Waals surface area (Å²) in [5.41, 5.74) is 1.54. The molecule has 0 aliphatic heterocycles. The second-order valence-electron chi connectivity index (χ2n) is 4.44. The predicted octanol–water partition coefficient (Wildman–Crippen LogP) is 1.46. The molecule has 0 atom stereocenters. The fourth-order valence-corrected chi connectivity index (χ4v) is 2.49. The van der Waals surface area contributed by atoms with Crippen molar-refractivity contribution in [3.63, 3.8) is 0 Å². The molecule has 2 N–H and O–H groups in total. The summed E-state index contributed by atoms with van der Waals surface area (Å²) in [6.45, 7) is 0.281. The Labute approximate surface area is 126 Å². The summed E-state index contributed by atoms with van der Waals surface area (Å²) in [7, 11) is 1.79. The van der Waals surface area contributed by atoms with Gasteiger partial charge in [-0.2, -0.15) is 0 Å². The van der Waals surface area contributed by atoms with Crippen molar-refractivity contribution in [3.05, 3.63) is 47.5 Å². The fourth-order valence-electron chi connectivity index (χ4n) is 1.69. The van der Waals surface area contributed by atoms with Crippen molar-refractivity contribution in [1.82, 2.24) is 14.9 Å². The van der Waals surface area contributed by atoms with Crippen LogP contribution in [-0.2, 0) is 25.0 Å². The molecule has 0 aliphatic rings. The van der Waals surface area contributed by atoms with E-state index in [1.54, 1.807) is 29.9 Å². The summed E-state index contributed by atoms with van der Waals surface area (Å²) < 4.78 is 14.5. The molecule has 0 saturated carbocycles. The fraction of sp³-hybridized carbons (Fsp3) is 0.286. The molecule has 0 spiro atoms. The molecule has 0 radical (unpaired) electrons. The Kier molecular flexibility index (Phi) is 5.35. The second-order valence-corrected chi connectivity index (χ2v) is 5.38. The number of hydrogen-bond donors (Lipinski definition) is 2. The third kappa shape index (κ3) is 4.30. The summed E-state index contributed by atoms with van der Waals surface area (Å²) in [5.74, 6) is -0.190. The first kappa shape index (κ1) is 15.5. The smallest absolute Gasteiger partial charge is 0.230 e. The topological polar surface area (TPSA) is 67.1 Å². The molecule has 1 aromatic carbocycles. The van der Waals surface area contributed by atoms with Gasteiger partial charge in [0.15, 0.2) is 5.16 Å². The van der Waals surface area contributed by atoms with Crippen LogP contribution in [0.2, 0.25) is 0 Å². The number of carbonyl (C=O) groups excluding carboxylic acids is 1. The predicted molar refractivity (Wildman–Crippen MR) is 78.1 cm³/mol. The standard InChI is InChI=1S/C14H16FN3O2S/c1-18-12(8-19)7-17-14(18)21-9-13(20)16-6-10-2-4-11(15)5-3-10/h2-5,7,19H,6,8-9H2,1H3,(H,16,20). The number of halogens is 1. The van der Waals surface area contributed by atoms with Gasteiger partial charge in [-0.15, -0.1) is 0 Å². The largest absolute Gasteiger partial charge is 0.390 e. The molecule has 21 heavy (non-hydrogen) atoms. The van der Waals surface area contributed by atoms with E-state index >= 15 is 0 Å². The lowest BCUT2D eigenvalue weighted by Crippen LogP contribution is -2.24.